The molecule has 3 fully saturated rings. The van der Waals surface area contributed by atoms with Gasteiger partial charge in [0.15, 0.2) is 0 Å². The fourth-order valence-electron chi connectivity index (χ4n) is 4.78. The molecule has 19 heavy (non-hydrogen) atoms. The van der Waals surface area contributed by atoms with Crippen molar-refractivity contribution in [2.24, 2.45) is 5.92 Å². The predicted molar refractivity (Wildman–Crippen MR) is 74.1 cm³/mol. The monoisotopic (exact) mass is 266 g/mol. The van der Waals surface area contributed by atoms with Gasteiger partial charge in [-0.25, -0.2) is 0 Å². The van der Waals surface area contributed by atoms with Crippen LogP contribution >= 0.6 is 0 Å². The van der Waals surface area contributed by atoms with Gasteiger partial charge in [-0.05, 0) is 64.5 Å². The molecule has 2 saturated carbocycles. The lowest BCUT2D eigenvalue weighted by Crippen LogP contribution is -2.52. The summed E-state index contributed by atoms with van der Waals surface area (Å²) in [6, 6.07) is 1.23. The van der Waals surface area contributed by atoms with Gasteiger partial charge in [0.2, 0.25) is 0 Å². The molecule has 3 aliphatic rings. The minimum atomic E-state index is -0.670. The third-order valence-electron chi connectivity index (χ3n) is 5.88. The van der Waals surface area contributed by atoms with Crippen LogP contribution < -0.4 is 5.32 Å². The Balaban J connectivity index is 1.71. The number of likely N-dealkylation sites (tertiary alicyclic amines) is 1. The van der Waals surface area contributed by atoms with Gasteiger partial charge in [0.1, 0.15) is 5.54 Å². The van der Waals surface area contributed by atoms with E-state index in [0.29, 0.717) is 6.04 Å². The average Bonchev–Trinajstić information content (AvgIpc) is 3.05. The minimum Gasteiger partial charge on any atom is -0.480 e. The number of carbonyl (C=O) groups is 1. The molecule has 1 saturated heterocycles. The van der Waals surface area contributed by atoms with Gasteiger partial charge >= 0.3 is 5.97 Å². The summed E-state index contributed by atoms with van der Waals surface area (Å²) in [5.74, 6) is 0.223. The lowest BCUT2D eigenvalue weighted by molar-refractivity contribution is -0.144. The molecule has 4 heteroatoms. The summed E-state index contributed by atoms with van der Waals surface area (Å²) in [7, 11) is 1.80. The molecule has 0 spiro atoms. The molecule has 0 aromatic heterocycles. The van der Waals surface area contributed by atoms with Crippen LogP contribution in [0.1, 0.15) is 51.4 Å². The molecule has 1 aliphatic heterocycles. The Morgan fingerprint density at radius 3 is 2.74 bits per heavy atom. The maximum absolute atomic E-state index is 11.5. The van der Waals surface area contributed by atoms with Crippen molar-refractivity contribution in [1.82, 2.24) is 10.2 Å². The largest absolute Gasteiger partial charge is 0.480 e. The molecule has 2 aliphatic carbocycles. The van der Waals surface area contributed by atoms with Crippen LogP contribution in [0.15, 0.2) is 0 Å². The van der Waals surface area contributed by atoms with Gasteiger partial charge in [-0.15, -0.1) is 0 Å². The van der Waals surface area contributed by atoms with E-state index in [-0.39, 0.29) is 0 Å². The molecular weight excluding hydrogens is 240 g/mol. The number of nitrogens with one attached hydrogen (secondary N) is 1. The Hall–Kier alpha value is -0.610. The lowest BCUT2D eigenvalue weighted by atomic mass is 9.90. The Morgan fingerprint density at radius 2 is 2.05 bits per heavy atom. The second-order valence-electron chi connectivity index (χ2n) is 6.67. The van der Waals surface area contributed by atoms with Crippen molar-refractivity contribution in [1.29, 1.82) is 0 Å². The van der Waals surface area contributed by atoms with Gasteiger partial charge in [-0.2, -0.15) is 0 Å². The summed E-state index contributed by atoms with van der Waals surface area (Å²) in [4.78, 5) is 14.2. The van der Waals surface area contributed by atoms with Gasteiger partial charge in [0, 0.05) is 12.1 Å². The van der Waals surface area contributed by atoms with Crippen LogP contribution in [0.2, 0.25) is 0 Å². The first-order valence-corrected chi connectivity index (χ1v) is 7.84. The number of rotatable bonds is 3. The first-order valence-electron chi connectivity index (χ1n) is 7.84. The maximum atomic E-state index is 11.5. The fourth-order valence-corrected chi connectivity index (χ4v) is 4.78. The highest BCUT2D eigenvalue weighted by Crippen LogP contribution is 2.42. The maximum Gasteiger partial charge on any atom is 0.323 e. The highest BCUT2D eigenvalue weighted by molar-refractivity contribution is 5.79. The van der Waals surface area contributed by atoms with E-state index in [1.165, 1.54) is 38.6 Å². The summed E-state index contributed by atoms with van der Waals surface area (Å²) in [5.41, 5.74) is -0.670. The quantitative estimate of drug-likeness (QED) is 0.818. The van der Waals surface area contributed by atoms with E-state index in [9.17, 15) is 9.90 Å². The van der Waals surface area contributed by atoms with Crippen LogP contribution in [0.5, 0.6) is 0 Å². The first kappa shape index (κ1) is 13.4. The average molecular weight is 266 g/mol. The number of hydrogen-bond acceptors (Lipinski definition) is 3. The molecule has 4 atom stereocenters. The van der Waals surface area contributed by atoms with Crippen LogP contribution in [0.4, 0.5) is 0 Å². The van der Waals surface area contributed by atoms with E-state index >= 15 is 0 Å². The Labute approximate surface area is 115 Å². The van der Waals surface area contributed by atoms with E-state index in [1.807, 2.05) is 0 Å². The summed E-state index contributed by atoms with van der Waals surface area (Å²) in [6.07, 6.45) is 9.39. The standard InChI is InChI=1S/C15H26N2O2/c1-16-15(14(18)19)8-7-12(10-15)17-9-3-5-11-4-2-6-13(11)17/h11-13,16H,2-10H2,1H3,(H,18,19). The van der Waals surface area contributed by atoms with Crippen LogP contribution in [-0.4, -0.2) is 47.2 Å². The highest BCUT2D eigenvalue weighted by atomic mass is 16.4. The number of fused-ring (bicyclic) bond motifs is 1. The van der Waals surface area contributed by atoms with Gasteiger partial charge in [0.25, 0.3) is 0 Å². The number of nitrogens with zero attached hydrogens (tertiary/aromatic N) is 1. The Kier molecular flexibility index (Phi) is 3.56. The van der Waals surface area contributed by atoms with Gasteiger partial charge in [0.05, 0.1) is 0 Å². The summed E-state index contributed by atoms with van der Waals surface area (Å²) < 4.78 is 0. The Bertz CT molecular complexity index is 360. The first-order chi connectivity index (χ1) is 9.16. The lowest BCUT2D eigenvalue weighted by Gasteiger charge is -2.42. The fraction of sp³-hybridized carbons (Fsp3) is 0.933. The van der Waals surface area contributed by atoms with E-state index < -0.39 is 11.5 Å². The number of hydrogen-bond donors (Lipinski definition) is 2. The predicted octanol–water partition coefficient (Wildman–Crippen LogP) is 1.85. The summed E-state index contributed by atoms with van der Waals surface area (Å²) in [6.45, 7) is 1.19. The molecule has 4 unspecified atom stereocenters. The van der Waals surface area contributed by atoms with Crippen molar-refractivity contribution in [2.75, 3.05) is 13.6 Å². The molecule has 0 radical (unpaired) electrons. The number of carboxylic acids is 1. The second kappa shape index (κ2) is 5.06. The number of likely N-dealkylation sites (N-methyl/N-ethyl adjacent to an activating group) is 1. The van der Waals surface area contributed by atoms with E-state index in [1.54, 1.807) is 7.05 Å². The number of piperidine rings is 1. The normalized spacial score (nSPS) is 43.3. The van der Waals surface area contributed by atoms with Crippen LogP contribution in [0.25, 0.3) is 0 Å². The second-order valence-corrected chi connectivity index (χ2v) is 6.67. The minimum absolute atomic E-state index is 0.481. The van der Waals surface area contributed by atoms with E-state index in [4.69, 9.17) is 0 Å². The molecule has 108 valence electrons. The third kappa shape index (κ3) is 2.19. The number of aliphatic carboxylic acids is 1. The highest BCUT2D eigenvalue weighted by Gasteiger charge is 2.48. The third-order valence-corrected chi connectivity index (χ3v) is 5.88. The molecule has 3 rings (SSSR count). The zero-order chi connectivity index (χ0) is 13.5. The van der Waals surface area contributed by atoms with Crippen LogP contribution in [0.3, 0.4) is 0 Å². The number of carboxylic acid groups (broad SMARTS) is 1. The molecule has 2 N–H and O–H groups in total. The van der Waals surface area contributed by atoms with Crippen molar-refractivity contribution in [3.05, 3.63) is 0 Å². The summed E-state index contributed by atoms with van der Waals surface area (Å²) >= 11 is 0. The van der Waals surface area contributed by atoms with Crippen molar-refractivity contribution in [3.63, 3.8) is 0 Å². The zero-order valence-electron chi connectivity index (χ0n) is 11.9. The van der Waals surface area contributed by atoms with Crippen molar-refractivity contribution < 1.29 is 9.90 Å². The molecule has 0 amide bonds. The molecule has 4 nitrogen and oxygen atoms in total. The Morgan fingerprint density at radius 1 is 1.26 bits per heavy atom. The molecular formula is C15H26N2O2. The van der Waals surface area contributed by atoms with Crippen LogP contribution in [-0.2, 0) is 4.79 Å². The van der Waals surface area contributed by atoms with E-state index in [0.717, 1.165) is 31.2 Å². The van der Waals surface area contributed by atoms with Gasteiger partial charge in [-0.1, -0.05) is 6.42 Å². The van der Waals surface area contributed by atoms with Crippen molar-refractivity contribution in [3.8, 4) is 0 Å². The van der Waals surface area contributed by atoms with Gasteiger partial charge < -0.3 is 10.4 Å². The molecule has 0 bridgehead atoms. The smallest absolute Gasteiger partial charge is 0.323 e. The summed E-state index contributed by atoms with van der Waals surface area (Å²) in [5, 5.41) is 12.6. The molecule has 1 heterocycles. The van der Waals surface area contributed by atoms with Crippen molar-refractivity contribution >= 4 is 5.97 Å². The topological polar surface area (TPSA) is 52.6 Å². The SMILES string of the molecule is CNC1(C(=O)O)CCC(N2CCCC3CCCC32)C1. The van der Waals surface area contributed by atoms with Crippen LogP contribution in [0, 0.1) is 5.92 Å². The molecule has 0 aromatic rings. The molecule has 0 aromatic carbocycles. The van der Waals surface area contributed by atoms with Crippen molar-refractivity contribution in [2.45, 2.75) is 69.0 Å². The zero-order valence-corrected chi connectivity index (χ0v) is 11.9. The van der Waals surface area contributed by atoms with Gasteiger partial charge in [-0.3, -0.25) is 9.69 Å². The van der Waals surface area contributed by atoms with E-state index in [2.05, 4.69) is 10.2 Å².